The molecule has 0 bridgehead atoms. The van der Waals surface area contributed by atoms with Crippen LogP contribution >= 0.6 is 0 Å². The summed E-state index contributed by atoms with van der Waals surface area (Å²) in [5.74, 6) is -0.271. The number of rotatable bonds is 4. The molecule has 0 unspecified atom stereocenters. The fourth-order valence-electron chi connectivity index (χ4n) is 1.29. The van der Waals surface area contributed by atoms with Gasteiger partial charge in [-0.05, 0) is 19.1 Å². The number of hydrogen-bond acceptors (Lipinski definition) is 5. The molecule has 0 atom stereocenters. The van der Waals surface area contributed by atoms with Gasteiger partial charge in [0.05, 0.1) is 13.7 Å². The van der Waals surface area contributed by atoms with Crippen molar-refractivity contribution < 1.29 is 23.8 Å². The minimum absolute atomic E-state index is 0.297. The zero-order valence-electron chi connectivity index (χ0n) is 9.98. The fourth-order valence-corrected chi connectivity index (χ4v) is 1.29. The topological polar surface area (TPSA) is 61.8 Å². The second-order valence-corrected chi connectivity index (χ2v) is 3.18. The molecule has 1 aromatic carbocycles. The van der Waals surface area contributed by atoms with Crippen LogP contribution in [0.15, 0.2) is 18.2 Å². The Labute approximate surface area is 99.3 Å². The van der Waals surface area contributed by atoms with Gasteiger partial charge in [0.2, 0.25) is 0 Å². The summed E-state index contributed by atoms with van der Waals surface area (Å²) in [4.78, 5) is 22.2. The van der Waals surface area contributed by atoms with Gasteiger partial charge in [-0.15, -0.1) is 0 Å². The highest BCUT2D eigenvalue weighted by Gasteiger charge is 2.14. The van der Waals surface area contributed by atoms with Crippen LogP contribution in [-0.4, -0.2) is 25.7 Å². The van der Waals surface area contributed by atoms with E-state index < -0.39 is 11.9 Å². The fraction of sp³-hybridized carbons (Fsp3) is 0.333. The third-order valence-corrected chi connectivity index (χ3v) is 1.92. The third-order valence-electron chi connectivity index (χ3n) is 1.92. The minimum atomic E-state index is -0.497. The summed E-state index contributed by atoms with van der Waals surface area (Å²) < 4.78 is 14.8. The molecule has 0 aliphatic carbocycles. The van der Waals surface area contributed by atoms with Gasteiger partial charge in [0.1, 0.15) is 17.1 Å². The van der Waals surface area contributed by atoms with Crippen molar-refractivity contribution in [1.29, 1.82) is 0 Å². The van der Waals surface area contributed by atoms with E-state index in [-0.39, 0.29) is 0 Å². The molecule has 5 nitrogen and oxygen atoms in total. The molecular weight excluding hydrogens is 224 g/mol. The lowest BCUT2D eigenvalue weighted by molar-refractivity contribution is -0.131. The first kappa shape index (κ1) is 13.0. The average molecular weight is 238 g/mol. The molecule has 0 aromatic heterocycles. The highest BCUT2D eigenvalue weighted by molar-refractivity contribution is 5.92. The van der Waals surface area contributed by atoms with E-state index >= 15 is 0 Å². The van der Waals surface area contributed by atoms with Gasteiger partial charge < -0.3 is 14.2 Å². The molecule has 0 heterocycles. The monoisotopic (exact) mass is 238 g/mol. The van der Waals surface area contributed by atoms with Crippen LogP contribution < -0.4 is 9.47 Å². The normalized spacial score (nSPS) is 9.59. The number of ether oxygens (including phenoxy) is 3. The van der Waals surface area contributed by atoms with Gasteiger partial charge in [0, 0.05) is 13.0 Å². The van der Waals surface area contributed by atoms with Crippen LogP contribution in [0, 0.1) is 0 Å². The zero-order chi connectivity index (χ0) is 12.8. The first-order valence-corrected chi connectivity index (χ1v) is 5.12. The average Bonchev–Trinajstić information content (AvgIpc) is 2.28. The predicted octanol–water partition coefficient (Wildman–Crippen LogP) is 1.80. The summed E-state index contributed by atoms with van der Waals surface area (Å²) in [6.07, 6.45) is 0. The highest BCUT2D eigenvalue weighted by Crippen LogP contribution is 2.25. The number of methoxy groups -OCH3 is 1. The van der Waals surface area contributed by atoms with Crippen molar-refractivity contribution in [3.05, 3.63) is 23.8 Å². The van der Waals surface area contributed by atoms with Crippen molar-refractivity contribution in [1.82, 2.24) is 0 Å². The Balaban J connectivity index is 3.07. The molecule has 1 aromatic rings. The highest BCUT2D eigenvalue weighted by atomic mass is 16.5. The van der Waals surface area contributed by atoms with Crippen LogP contribution in [0.1, 0.15) is 24.2 Å². The summed E-state index contributed by atoms with van der Waals surface area (Å²) in [6.45, 7) is 3.49. The van der Waals surface area contributed by atoms with E-state index in [1.165, 1.54) is 32.2 Å². The predicted molar refractivity (Wildman–Crippen MR) is 60.3 cm³/mol. The van der Waals surface area contributed by atoms with Gasteiger partial charge in [0.25, 0.3) is 0 Å². The van der Waals surface area contributed by atoms with Crippen LogP contribution in [0.3, 0.4) is 0 Å². The van der Waals surface area contributed by atoms with E-state index in [0.29, 0.717) is 23.7 Å². The van der Waals surface area contributed by atoms with Crippen molar-refractivity contribution in [2.24, 2.45) is 0 Å². The molecule has 0 amide bonds. The van der Waals surface area contributed by atoms with E-state index in [2.05, 4.69) is 4.74 Å². The van der Waals surface area contributed by atoms with Crippen LogP contribution in [0.2, 0.25) is 0 Å². The van der Waals surface area contributed by atoms with Crippen LogP contribution in [0.4, 0.5) is 0 Å². The minimum Gasteiger partial charge on any atom is -0.493 e. The van der Waals surface area contributed by atoms with E-state index in [4.69, 9.17) is 9.47 Å². The van der Waals surface area contributed by atoms with Gasteiger partial charge >= 0.3 is 11.9 Å². The lowest BCUT2D eigenvalue weighted by atomic mass is 10.2. The molecule has 1 rings (SSSR count). The molecule has 0 aliphatic rings. The maximum atomic E-state index is 11.4. The third kappa shape index (κ3) is 3.48. The molecular formula is C12H14O5. The molecule has 0 saturated carbocycles. The van der Waals surface area contributed by atoms with E-state index in [1.54, 1.807) is 6.92 Å². The maximum absolute atomic E-state index is 11.4. The maximum Gasteiger partial charge on any atom is 0.341 e. The van der Waals surface area contributed by atoms with E-state index in [0.717, 1.165) is 0 Å². The summed E-state index contributed by atoms with van der Waals surface area (Å²) in [5, 5.41) is 0. The quantitative estimate of drug-likeness (QED) is 0.591. The van der Waals surface area contributed by atoms with E-state index in [1.807, 2.05) is 0 Å². The number of benzene rings is 1. The second kappa shape index (κ2) is 5.89. The van der Waals surface area contributed by atoms with E-state index in [9.17, 15) is 9.59 Å². The summed E-state index contributed by atoms with van der Waals surface area (Å²) in [5.41, 5.74) is 0.297. The number of esters is 2. The molecule has 92 valence electrons. The van der Waals surface area contributed by atoms with Crippen LogP contribution in [0.25, 0.3) is 0 Å². The first-order valence-electron chi connectivity index (χ1n) is 5.12. The lowest BCUT2D eigenvalue weighted by Gasteiger charge is -2.10. The Hall–Kier alpha value is -2.04. The molecule has 0 radical (unpaired) electrons. The van der Waals surface area contributed by atoms with Crippen molar-refractivity contribution in [3.8, 4) is 11.5 Å². The standard InChI is InChI=1S/C12H14O5/c1-4-16-11-7-9(17-8(2)13)5-6-10(11)12(14)15-3/h5-7H,4H2,1-3H3. The molecule has 0 saturated heterocycles. The van der Waals surface area contributed by atoms with Crippen LogP contribution in [-0.2, 0) is 9.53 Å². The SMILES string of the molecule is CCOc1cc(OC(C)=O)ccc1C(=O)OC. The Bertz CT molecular complexity index is 425. The van der Waals surface area contributed by atoms with Crippen molar-refractivity contribution in [2.45, 2.75) is 13.8 Å². The number of carbonyl (C=O) groups is 2. The Morgan fingerprint density at radius 2 is 2.00 bits per heavy atom. The first-order chi connectivity index (χ1) is 8.08. The van der Waals surface area contributed by atoms with Gasteiger partial charge in [-0.25, -0.2) is 4.79 Å². The summed E-state index contributed by atoms with van der Waals surface area (Å²) in [6, 6.07) is 4.49. The molecule has 17 heavy (non-hydrogen) atoms. The molecule has 5 heteroatoms. The molecule has 0 spiro atoms. The molecule has 0 fully saturated rings. The van der Waals surface area contributed by atoms with Crippen LogP contribution in [0.5, 0.6) is 11.5 Å². The van der Waals surface area contributed by atoms with Gasteiger partial charge in [-0.3, -0.25) is 4.79 Å². The number of hydrogen-bond donors (Lipinski definition) is 0. The zero-order valence-corrected chi connectivity index (χ0v) is 9.98. The van der Waals surface area contributed by atoms with Gasteiger partial charge in [0.15, 0.2) is 0 Å². The van der Waals surface area contributed by atoms with Gasteiger partial charge in [-0.1, -0.05) is 0 Å². The Morgan fingerprint density at radius 1 is 1.29 bits per heavy atom. The Kier molecular flexibility index (Phi) is 4.51. The molecule has 0 N–H and O–H groups in total. The van der Waals surface area contributed by atoms with Crippen molar-refractivity contribution in [2.75, 3.05) is 13.7 Å². The summed E-state index contributed by atoms with van der Waals surface area (Å²) in [7, 11) is 1.29. The van der Waals surface area contributed by atoms with Crippen molar-refractivity contribution in [3.63, 3.8) is 0 Å². The smallest absolute Gasteiger partial charge is 0.341 e. The summed E-state index contributed by atoms with van der Waals surface area (Å²) >= 11 is 0. The lowest BCUT2D eigenvalue weighted by Crippen LogP contribution is -2.07. The van der Waals surface area contributed by atoms with Crippen molar-refractivity contribution >= 4 is 11.9 Å². The number of carbonyl (C=O) groups excluding carboxylic acids is 2. The largest absolute Gasteiger partial charge is 0.493 e. The second-order valence-electron chi connectivity index (χ2n) is 3.18. The molecule has 0 aliphatic heterocycles. The van der Waals surface area contributed by atoms with Gasteiger partial charge in [-0.2, -0.15) is 0 Å². The Morgan fingerprint density at radius 3 is 2.53 bits per heavy atom.